The van der Waals surface area contributed by atoms with Gasteiger partial charge in [-0.15, -0.1) is 0 Å². The van der Waals surface area contributed by atoms with Crippen molar-refractivity contribution in [1.29, 1.82) is 0 Å². The van der Waals surface area contributed by atoms with Crippen LogP contribution in [0.15, 0.2) is 18.2 Å². The van der Waals surface area contributed by atoms with Gasteiger partial charge in [0.25, 0.3) is 5.91 Å². The number of benzene rings is 1. The number of likely N-dealkylation sites (tertiary alicyclic amines) is 1. The zero-order valence-electron chi connectivity index (χ0n) is 13.2. The molecule has 0 unspecified atom stereocenters. The Morgan fingerprint density at radius 1 is 1.33 bits per heavy atom. The van der Waals surface area contributed by atoms with Crippen LogP contribution in [0, 0.1) is 13.8 Å². The summed E-state index contributed by atoms with van der Waals surface area (Å²) in [5.41, 5.74) is 2.92. The van der Waals surface area contributed by atoms with Crippen LogP contribution in [-0.2, 0) is 4.79 Å². The Labute approximate surface area is 133 Å². The van der Waals surface area contributed by atoms with Crippen LogP contribution in [0.1, 0.15) is 43.7 Å². The van der Waals surface area contributed by atoms with Crippen LogP contribution >= 0.6 is 11.8 Å². The molecule has 1 fully saturated rings. The van der Waals surface area contributed by atoms with E-state index in [1.807, 2.05) is 32.0 Å². The van der Waals surface area contributed by atoms with E-state index in [0.717, 1.165) is 49.2 Å². The van der Waals surface area contributed by atoms with Gasteiger partial charge in [-0.05, 0) is 57.3 Å². The SMILES string of the molecule is CCCN1CCCC[C@H]1C(=O)N(Cl)c1c(C)cccc1C. The van der Waals surface area contributed by atoms with Crippen LogP contribution in [-0.4, -0.2) is 29.9 Å². The highest BCUT2D eigenvalue weighted by Crippen LogP contribution is 2.29. The maximum Gasteiger partial charge on any atom is 0.258 e. The number of carbonyl (C=O) groups is 1. The third-order valence-electron chi connectivity index (χ3n) is 4.24. The maximum absolute atomic E-state index is 12.8. The third kappa shape index (κ3) is 3.58. The number of carbonyl (C=O) groups excluding carboxylic acids is 1. The quantitative estimate of drug-likeness (QED) is 0.783. The average Bonchev–Trinajstić information content (AvgIpc) is 2.47. The fourth-order valence-corrected chi connectivity index (χ4v) is 3.56. The van der Waals surface area contributed by atoms with Crippen molar-refractivity contribution in [2.45, 2.75) is 52.5 Å². The second kappa shape index (κ2) is 7.28. The smallest absolute Gasteiger partial charge is 0.258 e. The van der Waals surface area contributed by atoms with E-state index in [0.29, 0.717) is 0 Å². The summed E-state index contributed by atoms with van der Waals surface area (Å²) in [7, 11) is 0. The number of nitrogens with zero attached hydrogens (tertiary/aromatic N) is 2. The molecule has 0 N–H and O–H groups in total. The lowest BCUT2D eigenvalue weighted by Crippen LogP contribution is -2.49. The minimum atomic E-state index is -0.0739. The first-order valence-electron chi connectivity index (χ1n) is 7.86. The first-order chi connectivity index (χ1) is 10.1. The summed E-state index contributed by atoms with van der Waals surface area (Å²) in [6, 6.07) is 5.91. The van der Waals surface area contributed by atoms with Crippen molar-refractivity contribution in [2.75, 3.05) is 17.5 Å². The summed E-state index contributed by atoms with van der Waals surface area (Å²) >= 11 is 6.42. The third-order valence-corrected chi connectivity index (χ3v) is 4.57. The number of hydrogen-bond donors (Lipinski definition) is 0. The van der Waals surface area contributed by atoms with Gasteiger partial charge in [-0.2, -0.15) is 0 Å². The van der Waals surface area contributed by atoms with Crippen LogP contribution in [0.5, 0.6) is 0 Å². The number of para-hydroxylation sites is 1. The minimum Gasteiger partial charge on any atom is -0.292 e. The lowest BCUT2D eigenvalue weighted by molar-refractivity contribution is -0.123. The first kappa shape index (κ1) is 16.3. The van der Waals surface area contributed by atoms with E-state index in [9.17, 15) is 4.79 Å². The molecular formula is C17H25ClN2O. The number of aryl methyl sites for hydroxylation is 2. The van der Waals surface area contributed by atoms with E-state index >= 15 is 0 Å². The zero-order valence-corrected chi connectivity index (χ0v) is 14.0. The molecule has 1 saturated heterocycles. The Balaban J connectivity index is 2.21. The Kier molecular flexibility index (Phi) is 5.65. The molecule has 4 heteroatoms. The van der Waals surface area contributed by atoms with Gasteiger partial charge in [-0.25, -0.2) is 4.42 Å². The van der Waals surface area contributed by atoms with E-state index in [-0.39, 0.29) is 11.9 Å². The summed E-state index contributed by atoms with van der Waals surface area (Å²) in [4.78, 5) is 15.1. The van der Waals surface area contributed by atoms with E-state index in [4.69, 9.17) is 11.8 Å². The topological polar surface area (TPSA) is 23.6 Å². The molecule has 1 amide bonds. The Hall–Kier alpha value is -1.06. The predicted molar refractivity (Wildman–Crippen MR) is 88.8 cm³/mol. The maximum atomic E-state index is 12.8. The highest BCUT2D eigenvalue weighted by molar-refractivity contribution is 6.37. The largest absolute Gasteiger partial charge is 0.292 e. The molecule has 1 aliphatic heterocycles. The summed E-state index contributed by atoms with van der Waals surface area (Å²) in [5, 5.41) is 0. The van der Waals surface area contributed by atoms with E-state index in [1.54, 1.807) is 0 Å². The molecule has 1 heterocycles. The fourth-order valence-electron chi connectivity index (χ4n) is 3.18. The number of piperidine rings is 1. The number of anilines is 1. The highest BCUT2D eigenvalue weighted by atomic mass is 35.5. The standard InChI is InChI=1S/C17H25ClN2O/c1-4-11-19-12-6-5-10-15(19)17(21)20(18)16-13(2)8-7-9-14(16)3/h7-9,15H,4-6,10-12H2,1-3H3/t15-/m0/s1. The van der Waals surface area contributed by atoms with E-state index in [1.165, 1.54) is 10.8 Å². The first-order valence-corrected chi connectivity index (χ1v) is 8.20. The molecule has 1 aromatic carbocycles. The van der Waals surface area contributed by atoms with Gasteiger partial charge in [-0.3, -0.25) is 9.69 Å². The van der Waals surface area contributed by atoms with Crippen LogP contribution in [0.3, 0.4) is 0 Å². The van der Waals surface area contributed by atoms with Crippen LogP contribution < -0.4 is 4.42 Å². The summed E-state index contributed by atoms with van der Waals surface area (Å²) in [5.74, 6) is 0.0159. The molecule has 2 rings (SSSR count). The van der Waals surface area contributed by atoms with Gasteiger partial charge in [0.1, 0.15) is 0 Å². The second-order valence-corrected chi connectivity index (χ2v) is 6.25. The molecule has 1 aliphatic rings. The molecule has 0 radical (unpaired) electrons. The lowest BCUT2D eigenvalue weighted by atomic mass is 10.0. The molecule has 0 aliphatic carbocycles. The van der Waals surface area contributed by atoms with Gasteiger partial charge in [0, 0.05) is 11.8 Å². The number of hydrogen-bond acceptors (Lipinski definition) is 2. The normalized spacial score (nSPS) is 19.5. The minimum absolute atomic E-state index is 0.0159. The zero-order chi connectivity index (χ0) is 15.4. The van der Waals surface area contributed by atoms with Gasteiger partial charge < -0.3 is 0 Å². The van der Waals surface area contributed by atoms with Gasteiger partial charge in [0.15, 0.2) is 0 Å². The van der Waals surface area contributed by atoms with Crippen molar-refractivity contribution in [2.24, 2.45) is 0 Å². The van der Waals surface area contributed by atoms with E-state index < -0.39 is 0 Å². The number of halogens is 1. The Bertz CT molecular complexity index is 481. The van der Waals surface area contributed by atoms with Crippen molar-refractivity contribution in [3.63, 3.8) is 0 Å². The lowest BCUT2D eigenvalue weighted by Gasteiger charge is -2.36. The molecule has 0 spiro atoms. The molecule has 1 aromatic rings. The van der Waals surface area contributed by atoms with Crippen LogP contribution in [0.4, 0.5) is 5.69 Å². The van der Waals surface area contributed by atoms with Crippen molar-refractivity contribution in [1.82, 2.24) is 4.90 Å². The molecular weight excluding hydrogens is 284 g/mol. The molecule has 0 saturated carbocycles. The van der Waals surface area contributed by atoms with Gasteiger partial charge in [0.2, 0.25) is 0 Å². The molecule has 3 nitrogen and oxygen atoms in total. The Morgan fingerprint density at radius 3 is 2.62 bits per heavy atom. The van der Waals surface area contributed by atoms with Crippen molar-refractivity contribution >= 4 is 23.4 Å². The van der Waals surface area contributed by atoms with Crippen LogP contribution in [0.25, 0.3) is 0 Å². The van der Waals surface area contributed by atoms with Crippen LogP contribution in [0.2, 0.25) is 0 Å². The monoisotopic (exact) mass is 308 g/mol. The van der Waals surface area contributed by atoms with Gasteiger partial charge in [0.05, 0.1) is 11.7 Å². The molecule has 1 atom stereocenters. The average molecular weight is 309 g/mol. The molecule has 21 heavy (non-hydrogen) atoms. The molecule has 0 aromatic heterocycles. The van der Waals surface area contributed by atoms with Gasteiger partial charge in [-0.1, -0.05) is 31.5 Å². The molecule has 116 valence electrons. The summed E-state index contributed by atoms with van der Waals surface area (Å²) in [6.07, 6.45) is 4.26. The Morgan fingerprint density at radius 2 is 2.00 bits per heavy atom. The fraction of sp³-hybridized carbons (Fsp3) is 0.588. The van der Waals surface area contributed by atoms with E-state index in [2.05, 4.69) is 11.8 Å². The highest BCUT2D eigenvalue weighted by Gasteiger charge is 2.32. The van der Waals surface area contributed by atoms with Crippen molar-refractivity contribution in [3.05, 3.63) is 29.3 Å². The van der Waals surface area contributed by atoms with Crippen molar-refractivity contribution < 1.29 is 4.79 Å². The molecule has 0 bridgehead atoms. The second-order valence-electron chi connectivity index (χ2n) is 5.91. The number of rotatable bonds is 4. The van der Waals surface area contributed by atoms with Crippen molar-refractivity contribution in [3.8, 4) is 0 Å². The summed E-state index contributed by atoms with van der Waals surface area (Å²) < 4.78 is 1.35. The van der Waals surface area contributed by atoms with Gasteiger partial charge >= 0.3 is 0 Å². The summed E-state index contributed by atoms with van der Waals surface area (Å²) in [6.45, 7) is 8.11. The number of amides is 1. The predicted octanol–water partition coefficient (Wildman–Crippen LogP) is 4.05.